The van der Waals surface area contributed by atoms with Crippen LogP contribution in [0.2, 0.25) is 0 Å². The second-order valence-electron chi connectivity index (χ2n) is 6.83. The van der Waals surface area contributed by atoms with Crippen LogP contribution in [0.3, 0.4) is 0 Å². The number of aliphatic carboxylic acids is 1. The number of rotatable bonds is 7. The molecule has 2 rings (SSSR count). The summed E-state index contributed by atoms with van der Waals surface area (Å²) in [7, 11) is -4.95. The average Bonchev–Trinajstić information content (AvgIpc) is 2.64. The van der Waals surface area contributed by atoms with Crippen LogP contribution in [-0.4, -0.2) is 123 Å². The Morgan fingerprint density at radius 1 is 1.00 bits per heavy atom. The lowest BCUT2D eigenvalue weighted by atomic mass is 9.95. The highest BCUT2D eigenvalue weighted by molar-refractivity contribution is 7.80. The first-order valence-corrected chi connectivity index (χ1v) is 10.1. The fraction of sp³-hybridized carbons (Fsp3) is 0.857. The molecule has 0 aromatic heterocycles. The molecule has 17 heteroatoms. The van der Waals surface area contributed by atoms with E-state index in [4.69, 9.17) is 23.9 Å². The number of carbonyl (C=O) groups is 2. The van der Waals surface area contributed by atoms with Crippen molar-refractivity contribution in [2.75, 3.05) is 6.61 Å². The van der Waals surface area contributed by atoms with Crippen molar-refractivity contribution in [1.82, 2.24) is 5.32 Å². The third-order valence-electron chi connectivity index (χ3n) is 4.55. The maximum Gasteiger partial charge on any atom is 0.397 e. The van der Waals surface area contributed by atoms with Crippen molar-refractivity contribution in [3.05, 3.63) is 0 Å². The number of carboxylic acid groups (broad SMARTS) is 1. The van der Waals surface area contributed by atoms with Crippen LogP contribution in [-0.2, 0) is 38.4 Å². The highest BCUT2D eigenvalue weighted by Crippen LogP contribution is 2.29. The Balaban J connectivity index is 2.27. The minimum atomic E-state index is -4.95. The van der Waals surface area contributed by atoms with Crippen LogP contribution in [0.25, 0.3) is 0 Å². The Morgan fingerprint density at radius 2 is 1.61 bits per heavy atom. The molecule has 0 radical (unpaired) electrons. The number of ether oxygens (including phenoxy) is 3. The van der Waals surface area contributed by atoms with E-state index in [1.807, 2.05) is 0 Å². The van der Waals surface area contributed by atoms with Crippen molar-refractivity contribution in [2.24, 2.45) is 0 Å². The van der Waals surface area contributed by atoms with E-state index in [1.165, 1.54) is 0 Å². The Bertz CT molecular complexity index is 761. The average molecular weight is 477 g/mol. The van der Waals surface area contributed by atoms with Crippen LogP contribution >= 0.6 is 0 Å². The largest absolute Gasteiger partial charge is 0.479 e. The normalized spacial score (nSPS) is 41.5. The van der Waals surface area contributed by atoms with Gasteiger partial charge in [-0.2, -0.15) is 8.42 Å². The molecule has 180 valence electrons. The Hall–Kier alpha value is -1.51. The molecule has 0 aromatic rings. The van der Waals surface area contributed by atoms with Gasteiger partial charge in [-0.3, -0.25) is 9.35 Å². The van der Waals surface area contributed by atoms with Gasteiger partial charge in [-0.1, -0.05) is 0 Å². The van der Waals surface area contributed by atoms with Gasteiger partial charge < -0.3 is 50.2 Å². The van der Waals surface area contributed by atoms with E-state index < -0.39 is 90.2 Å². The van der Waals surface area contributed by atoms with Gasteiger partial charge >= 0.3 is 16.4 Å². The summed E-state index contributed by atoms with van der Waals surface area (Å²) in [6.45, 7) is 0.0348. The molecule has 0 saturated carbocycles. The van der Waals surface area contributed by atoms with E-state index in [1.54, 1.807) is 0 Å². The molecule has 0 unspecified atom stereocenters. The predicted molar refractivity (Wildman–Crippen MR) is 91.2 cm³/mol. The van der Waals surface area contributed by atoms with E-state index >= 15 is 0 Å². The highest BCUT2D eigenvalue weighted by Gasteiger charge is 2.52. The molecule has 2 saturated heterocycles. The fourth-order valence-corrected chi connectivity index (χ4v) is 3.40. The molecular formula is C14H23NO15S. The van der Waals surface area contributed by atoms with Crippen molar-refractivity contribution in [3.8, 4) is 0 Å². The number of hydrogen-bond donors (Lipinski definition) is 8. The standard InChI is InChI=1S/C14H23NO15S/c1-3(16)15-5-10(6(17)4(28-13(5)23)2-27-31(24,25)26)29-14-9(20)7(18)8(19)11(30-14)12(21)22/h4-11,13-14,17-20,23H,2H2,1H3,(H,15,16)(H,21,22)(H,24,25,26)/t4-,5-,6+,7+,8+,9-,10-,11-,13-,14-/m1/s1. The van der Waals surface area contributed by atoms with Crippen molar-refractivity contribution in [3.63, 3.8) is 0 Å². The molecule has 8 N–H and O–H groups in total. The van der Waals surface area contributed by atoms with Crippen molar-refractivity contribution in [1.29, 1.82) is 0 Å². The molecular weight excluding hydrogens is 454 g/mol. The van der Waals surface area contributed by atoms with E-state index in [9.17, 15) is 43.5 Å². The number of aliphatic hydroxyl groups is 5. The third kappa shape index (κ3) is 6.26. The molecule has 10 atom stereocenters. The molecule has 2 aliphatic heterocycles. The van der Waals surface area contributed by atoms with Crippen LogP contribution in [0.4, 0.5) is 0 Å². The highest BCUT2D eigenvalue weighted by atomic mass is 32.3. The first kappa shape index (κ1) is 25.7. The Labute approximate surface area is 174 Å². The van der Waals surface area contributed by atoms with Crippen LogP contribution in [0.15, 0.2) is 0 Å². The van der Waals surface area contributed by atoms with Gasteiger partial charge in [-0.15, -0.1) is 0 Å². The number of hydrogen-bond acceptors (Lipinski definition) is 13. The molecule has 1 amide bonds. The van der Waals surface area contributed by atoms with E-state index in [-0.39, 0.29) is 0 Å². The number of aliphatic hydroxyl groups excluding tert-OH is 5. The summed E-state index contributed by atoms with van der Waals surface area (Å²) in [5.41, 5.74) is 0. The molecule has 0 bridgehead atoms. The van der Waals surface area contributed by atoms with Gasteiger partial charge in [0.2, 0.25) is 5.91 Å². The monoisotopic (exact) mass is 477 g/mol. The fourth-order valence-electron chi connectivity index (χ4n) is 3.09. The minimum Gasteiger partial charge on any atom is -0.479 e. The van der Waals surface area contributed by atoms with E-state index in [0.29, 0.717) is 0 Å². The maximum absolute atomic E-state index is 11.5. The maximum atomic E-state index is 11.5. The summed E-state index contributed by atoms with van der Waals surface area (Å²) in [6.07, 6.45) is -17.3. The third-order valence-corrected chi connectivity index (χ3v) is 4.98. The van der Waals surface area contributed by atoms with Crippen molar-refractivity contribution >= 4 is 22.3 Å². The topological polar surface area (TPSA) is 259 Å². The number of carbonyl (C=O) groups excluding carboxylic acids is 1. The van der Waals surface area contributed by atoms with Crippen molar-refractivity contribution in [2.45, 2.75) is 68.3 Å². The van der Waals surface area contributed by atoms with Gasteiger partial charge in [0.15, 0.2) is 18.7 Å². The van der Waals surface area contributed by atoms with E-state index in [0.717, 1.165) is 6.92 Å². The summed E-state index contributed by atoms with van der Waals surface area (Å²) in [5.74, 6) is -2.44. The van der Waals surface area contributed by atoms with Gasteiger partial charge in [0.05, 0.1) is 6.61 Å². The summed E-state index contributed by atoms with van der Waals surface area (Å²) >= 11 is 0. The molecule has 2 fully saturated rings. The summed E-state index contributed by atoms with van der Waals surface area (Å²) < 4.78 is 49.5. The van der Waals surface area contributed by atoms with Gasteiger partial charge in [-0.05, 0) is 0 Å². The molecule has 2 heterocycles. The first-order valence-electron chi connectivity index (χ1n) is 8.71. The predicted octanol–water partition coefficient (Wildman–Crippen LogP) is -5.33. The zero-order valence-electron chi connectivity index (χ0n) is 15.8. The number of carboxylic acids is 1. The second-order valence-corrected chi connectivity index (χ2v) is 7.92. The summed E-state index contributed by atoms with van der Waals surface area (Å²) in [4.78, 5) is 22.7. The van der Waals surface area contributed by atoms with Gasteiger partial charge in [0.1, 0.15) is 42.7 Å². The smallest absolute Gasteiger partial charge is 0.397 e. The SMILES string of the molecule is CC(=O)N[C@@H]1[C@@H](O[C@@H]2O[C@@H](C(=O)O)[C@@H](O)[C@H](O)[C@H]2O)[C@@H](O)[C@@H](COS(=O)(=O)O)O[C@H]1O. The molecule has 0 aromatic carbocycles. The number of nitrogens with one attached hydrogen (secondary N) is 1. The zero-order valence-corrected chi connectivity index (χ0v) is 16.6. The minimum absolute atomic E-state index is 0.731. The quantitative estimate of drug-likeness (QED) is 0.159. The lowest BCUT2D eigenvalue weighted by Gasteiger charge is -2.46. The van der Waals surface area contributed by atoms with Gasteiger partial charge in [0, 0.05) is 6.92 Å². The second kappa shape index (κ2) is 9.96. The molecule has 16 nitrogen and oxygen atoms in total. The lowest BCUT2D eigenvalue weighted by molar-refractivity contribution is -0.336. The van der Waals surface area contributed by atoms with Crippen LogP contribution in [0, 0.1) is 0 Å². The molecule has 0 aliphatic carbocycles. The Morgan fingerprint density at radius 3 is 2.13 bits per heavy atom. The first-order chi connectivity index (χ1) is 14.2. The molecule has 2 aliphatic rings. The van der Waals surface area contributed by atoms with Crippen LogP contribution in [0.5, 0.6) is 0 Å². The zero-order chi connectivity index (χ0) is 23.7. The van der Waals surface area contributed by atoms with Gasteiger partial charge in [0.25, 0.3) is 0 Å². The summed E-state index contributed by atoms with van der Waals surface area (Å²) in [5, 5.41) is 61.6. The van der Waals surface area contributed by atoms with Crippen LogP contribution < -0.4 is 5.32 Å². The van der Waals surface area contributed by atoms with Crippen LogP contribution in [0.1, 0.15) is 6.92 Å². The summed E-state index contributed by atoms with van der Waals surface area (Å²) in [6, 6.07) is -1.54. The molecule has 31 heavy (non-hydrogen) atoms. The van der Waals surface area contributed by atoms with Gasteiger partial charge in [-0.25, -0.2) is 8.98 Å². The van der Waals surface area contributed by atoms with Crippen molar-refractivity contribution < 1.29 is 71.6 Å². The number of amides is 1. The molecule has 0 spiro atoms. The lowest BCUT2D eigenvalue weighted by Crippen LogP contribution is -2.68. The van der Waals surface area contributed by atoms with E-state index in [2.05, 4.69) is 9.50 Å². The Kier molecular flexibility index (Phi) is 8.27.